The van der Waals surface area contributed by atoms with Gasteiger partial charge in [-0.05, 0) is 44.4 Å². The van der Waals surface area contributed by atoms with Gasteiger partial charge in [-0.3, -0.25) is 4.79 Å². The van der Waals surface area contributed by atoms with Crippen LogP contribution in [0.25, 0.3) is 0 Å². The van der Waals surface area contributed by atoms with Gasteiger partial charge >= 0.3 is 0 Å². The van der Waals surface area contributed by atoms with E-state index >= 15 is 0 Å². The number of carbonyl (C=O) groups is 1. The molecule has 1 atom stereocenters. The highest BCUT2D eigenvalue weighted by molar-refractivity contribution is 5.96. The lowest BCUT2D eigenvalue weighted by Gasteiger charge is -2.23. The minimum Gasteiger partial charge on any atom is -0.373 e. The zero-order chi connectivity index (χ0) is 15.3. The van der Waals surface area contributed by atoms with E-state index in [1.807, 2.05) is 32.0 Å². The Morgan fingerprint density at radius 1 is 1.52 bits per heavy atom. The highest BCUT2D eigenvalue weighted by Crippen LogP contribution is 2.24. The van der Waals surface area contributed by atoms with E-state index in [2.05, 4.69) is 17.2 Å². The second kappa shape index (κ2) is 6.75. The molecule has 2 rings (SSSR count). The molecule has 1 heterocycles. The fourth-order valence-corrected chi connectivity index (χ4v) is 2.44. The molecule has 1 aromatic carbocycles. The maximum atomic E-state index is 12.4. The van der Waals surface area contributed by atoms with Gasteiger partial charge < -0.3 is 15.8 Å². The molecule has 1 aliphatic rings. The number of benzene rings is 1. The fraction of sp³-hybridized carbons (Fsp3) is 0.471. The van der Waals surface area contributed by atoms with E-state index in [9.17, 15) is 4.79 Å². The summed E-state index contributed by atoms with van der Waals surface area (Å²) in [6, 6.07) is 5.62. The number of nitrogens with two attached hydrogens (primary N) is 1. The summed E-state index contributed by atoms with van der Waals surface area (Å²) in [6.07, 6.45) is 2.03. The number of nitrogens with one attached hydrogen (secondary N) is 1. The standard InChI is InChI=1S/C17H22N2O2/c1-13-6-7-14(5-3-9-18)11-15(13)16(20)19-12-17(2)8-4-10-21-17/h6-7,11H,4,8-10,12,18H2,1-2H3,(H,19,20). The van der Waals surface area contributed by atoms with Gasteiger partial charge in [-0.1, -0.05) is 17.9 Å². The first-order valence-corrected chi connectivity index (χ1v) is 7.26. The van der Waals surface area contributed by atoms with Crippen LogP contribution < -0.4 is 11.1 Å². The molecule has 1 aliphatic heterocycles. The van der Waals surface area contributed by atoms with Crippen LogP contribution in [0, 0.1) is 18.8 Å². The van der Waals surface area contributed by atoms with Crippen molar-refractivity contribution < 1.29 is 9.53 Å². The third-order valence-corrected chi connectivity index (χ3v) is 3.74. The average Bonchev–Trinajstić information content (AvgIpc) is 2.91. The van der Waals surface area contributed by atoms with Gasteiger partial charge in [-0.2, -0.15) is 0 Å². The van der Waals surface area contributed by atoms with Crippen molar-refractivity contribution in [1.82, 2.24) is 5.32 Å². The van der Waals surface area contributed by atoms with Gasteiger partial charge in [0.05, 0.1) is 12.1 Å². The SMILES string of the molecule is Cc1ccc(C#CCN)cc1C(=O)NCC1(C)CCCO1. The molecule has 1 saturated heterocycles. The molecule has 1 unspecified atom stereocenters. The van der Waals surface area contributed by atoms with Crippen molar-refractivity contribution in [3.05, 3.63) is 34.9 Å². The number of hydrogen-bond donors (Lipinski definition) is 2. The average molecular weight is 286 g/mol. The Morgan fingerprint density at radius 3 is 3.00 bits per heavy atom. The van der Waals surface area contributed by atoms with Crippen LogP contribution in [0.5, 0.6) is 0 Å². The topological polar surface area (TPSA) is 64.4 Å². The van der Waals surface area contributed by atoms with Crippen LogP contribution in [0.3, 0.4) is 0 Å². The molecule has 0 spiro atoms. The number of aryl methyl sites for hydroxylation is 1. The van der Waals surface area contributed by atoms with E-state index in [-0.39, 0.29) is 11.5 Å². The Morgan fingerprint density at radius 2 is 2.33 bits per heavy atom. The normalized spacial score (nSPS) is 20.7. The molecule has 4 heteroatoms. The summed E-state index contributed by atoms with van der Waals surface area (Å²) >= 11 is 0. The van der Waals surface area contributed by atoms with Crippen molar-refractivity contribution in [2.75, 3.05) is 19.7 Å². The maximum Gasteiger partial charge on any atom is 0.251 e. The van der Waals surface area contributed by atoms with E-state index in [1.54, 1.807) is 0 Å². The molecule has 21 heavy (non-hydrogen) atoms. The van der Waals surface area contributed by atoms with Crippen molar-refractivity contribution >= 4 is 5.91 Å². The Labute approximate surface area is 126 Å². The van der Waals surface area contributed by atoms with Crippen molar-refractivity contribution in [3.63, 3.8) is 0 Å². The van der Waals surface area contributed by atoms with Gasteiger partial charge in [0.15, 0.2) is 0 Å². The van der Waals surface area contributed by atoms with Crippen LogP contribution in [-0.4, -0.2) is 31.2 Å². The molecule has 1 fully saturated rings. The van der Waals surface area contributed by atoms with Gasteiger partial charge in [-0.15, -0.1) is 0 Å². The lowest BCUT2D eigenvalue weighted by molar-refractivity contribution is 0.0206. The monoisotopic (exact) mass is 286 g/mol. The summed E-state index contributed by atoms with van der Waals surface area (Å²) in [5.41, 5.74) is 7.53. The molecule has 1 aromatic rings. The van der Waals surface area contributed by atoms with Crippen LogP contribution >= 0.6 is 0 Å². The molecule has 0 radical (unpaired) electrons. The summed E-state index contributed by atoms with van der Waals surface area (Å²) in [7, 11) is 0. The van der Waals surface area contributed by atoms with Crippen molar-refractivity contribution in [2.45, 2.75) is 32.3 Å². The predicted octanol–water partition coefficient (Wildman–Crippen LogP) is 1.60. The van der Waals surface area contributed by atoms with Gasteiger partial charge in [0.2, 0.25) is 0 Å². The molecule has 1 amide bonds. The van der Waals surface area contributed by atoms with Crippen LogP contribution in [0.1, 0.15) is 41.3 Å². The number of amides is 1. The molecule has 112 valence electrons. The summed E-state index contributed by atoms with van der Waals surface area (Å²) < 4.78 is 5.68. The first kappa shape index (κ1) is 15.6. The Kier molecular flexibility index (Phi) is 5.00. The maximum absolute atomic E-state index is 12.4. The zero-order valence-electron chi connectivity index (χ0n) is 12.7. The van der Waals surface area contributed by atoms with Crippen LogP contribution in [0.15, 0.2) is 18.2 Å². The molecular weight excluding hydrogens is 264 g/mol. The van der Waals surface area contributed by atoms with Crippen LogP contribution in [-0.2, 0) is 4.74 Å². The van der Waals surface area contributed by atoms with E-state index < -0.39 is 0 Å². The molecule has 0 bridgehead atoms. The lowest BCUT2D eigenvalue weighted by Crippen LogP contribution is -2.40. The number of ether oxygens (including phenoxy) is 1. The Bertz CT molecular complexity index is 578. The summed E-state index contributed by atoms with van der Waals surface area (Å²) in [4.78, 5) is 12.4. The van der Waals surface area contributed by atoms with E-state index in [0.29, 0.717) is 18.7 Å². The second-order valence-corrected chi connectivity index (χ2v) is 5.62. The molecular formula is C17H22N2O2. The van der Waals surface area contributed by atoms with Gasteiger partial charge in [0.1, 0.15) is 0 Å². The molecule has 3 N–H and O–H groups in total. The number of hydrogen-bond acceptors (Lipinski definition) is 3. The van der Waals surface area contributed by atoms with Crippen molar-refractivity contribution in [2.24, 2.45) is 5.73 Å². The lowest BCUT2D eigenvalue weighted by atomic mass is 10.0. The van der Waals surface area contributed by atoms with Crippen molar-refractivity contribution in [3.8, 4) is 11.8 Å². The Hall–Kier alpha value is -1.83. The second-order valence-electron chi connectivity index (χ2n) is 5.62. The minimum atomic E-state index is -0.236. The van der Waals surface area contributed by atoms with Crippen molar-refractivity contribution in [1.29, 1.82) is 0 Å². The molecule has 0 saturated carbocycles. The highest BCUT2D eigenvalue weighted by Gasteiger charge is 2.30. The third-order valence-electron chi connectivity index (χ3n) is 3.74. The summed E-state index contributed by atoms with van der Waals surface area (Å²) in [5, 5.41) is 2.97. The quantitative estimate of drug-likeness (QED) is 0.830. The first-order chi connectivity index (χ1) is 10.0. The smallest absolute Gasteiger partial charge is 0.251 e. The van der Waals surface area contributed by atoms with E-state index in [0.717, 1.165) is 30.6 Å². The Balaban J connectivity index is 2.07. The largest absolute Gasteiger partial charge is 0.373 e. The van der Waals surface area contributed by atoms with E-state index in [4.69, 9.17) is 10.5 Å². The predicted molar refractivity (Wildman–Crippen MR) is 83.0 cm³/mol. The van der Waals surface area contributed by atoms with Gasteiger partial charge in [-0.25, -0.2) is 0 Å². The number of carbonyl (C=O) groups excluding carboxylic acids is 1. The van der Waals surface area contributed by atoms with Crippen LogP contribution in [0.2, 0.25) is 0 Å². The molecule has 0 aliphatic carbocycles. The van der Waals surface area contributed by atoms with Crippen LogP contribution in [0.4, 0.5) is 0 Å². The third kappa shape index (κ3) is 4.07. The summed E-state index contributed by atoms with van der Waals surface area (Å²) in [6.45, 7) is 5.57. The molecule has 4 nitrogen and oxygen atoms in total. The van der Waals surface area contributed by atoms with Gasteiger partial charge in [0, 0.05) is 24.3 Å². The summed E-state index contributed by atoms with van der Waals surface area (Å²) in [5.74, 6) is 5.67. The number of rotatable bonds is 3. The fourth-order valence-electron chi connectivity index (χ4n) is 2.44. The van der Waals surface area contributed by atoms with Gasteiger partial charge in [0.25, 0.3) is 5.91 Å². The highest BCUT2D eigenvalue weighted by atomic mass is 16.5. The molecule has 0 aromatic heterocycles. The van der Waals surface area contributed by atoms with E-state index in [1.165, 1.54) is 0 Å². The first-order valence-electron chi connectivity index (χ1n) is 7.26. The minimum absolute atomic E-state index is 0.0828. The zero-order valence-corrected chi connectivity index (χ0v) is 12.7.